The van der Waals surface area contributed by atoms with E-state index in [1.807, 2.05) is 30.5 Å². The highest BCUT2D eigenvalue weighted by atomic mass is 16.5. The molecule has 0 aliphatic carbocycles. The van der Waals surface area contributed by atoms with Gasteiger partial charge in [-0.2, -0.15) is 5.10 Å². The Morgan fingerprint density at radius 2 is 2.37 bits per heavy atom. The average Bonchev–Trinajstić information content (AvgIpc) is 3.08. The summed E-state index contributed by atoms with van der Waals surface area (Å²) in [4.78, 5) is 14.8. The number of hydrogen-bond acceptors (Lipinski definition) is 3. The van der Waals surface area contributed by atoms with E-state index < -0.39 is 0 Å². The van der Waals surface area contributed by atoms with Gasteiger partial charge in [0.05, 0.1) is 6.21 Å². The summed E-state index contributed by atoms with van der Waals surface area (Å²) in [6.45, 7) is 0.657. The Bertz CT molecular complexity index is 612. The molecule has 0 unspecified atom stereocenters. The van der Waals surface area contributed by atoms with Crippen LogP contribution in [0.4, 0.5) is 0 Å². The second kappa shape index (κ2) is 5.24. The lowest BCUT2D eigenvalue weighted by molar-refractivity contribution is -0.130. The molecule has 1 fully saturated rings. The fraction of sp³-hybridized carbons (Fsp3) is 0.286. The van der Waals surface area contributed by atoms with Gasteiger partial charge in [-0.15, -0.1) is 0 Å². The molecule has 2 N–H and O–H groups in total. The number of H-pyrrole nitrogens is 1. The number of nitrogens with one attached hydrogen (secondary N) is 2. The predicted octanol–water partition coefficient (Wildman–Crippen LogP) is 1.80. The van der Waals surface area contributed by atoms with Crippen molar-refractivity contribution in [1.82, 2.24) is 10.4 Å². The lowest BCUT2D eigenvalue weighted by Gasteiger charge is -2.05. The second-order valence-corrected chi connectivity index (χ2v) is 4.53. The van der Waals surface area contributed by atoms with Crippen molar-refractivity contribution in [3.05, 3.63) is 36.0 Å². The number of hydrazone groups is 1. The average molecular weight is 257 g/mol. The number of rotatable bonds is 3. The fourth-order valence-electron chi connectivity index (χ4n) is 2.22. The minimum absolute atomic E-state index is 0.173. The summed E-state index contributed by atoms with van der Waals surface area (Å²) in [5.74, 6) is -0.173. The zero-order chi connectivity index (χ0) is 13.1. The van der Waals surface area contributed by atoms with Crippen molar-refractivity contribution in [2.75, 3.05) is 6.61 Å². The van der Waals surface area contributed by atoms with Gasteiger partial charge in [-0.3, -0.25) is 4.79 Å². The van der Waals surface area contributed by atoms with E-state index in [4.69, 9.17) is 4.74 Å². The highest BCUT2D eigenvalue weighted by molar-refractivity contribution is 5.99. The molecule has 1 amide bonds. The van der Waals surface area contributed by atoms with Crippen LogP contribution in [0.2, 0.25) is 0 Å². The molecular formula is C14H15N3O2. The molecule has 2 heterocycles. The van der Waals surface area contributed by atoms with Crippen molar-refractivity contribution in [2.24, 2.45) is 5.10 Å². The van der Waals surface area contributed by atoms with Crippen LogP contribution in [0.3, 0.4) is 0 Å². The molecule has 5 nitrogen and oxygen atoms in total. The zero-order valence-electron chi connectivity index (χ0n) is 10.4. The normalized spacial score (nSPS) is 19.3. The van der Waals surface area contributed by atoms with Crippen LogP contribution < -0.4 is 5.43 Å². The molecular weight excluding hydrogens is 242 g/mol. The summed E-state index contributed by atoms with van der Waals surface area (Å²) in [6.07, 6.45) is 4.87. The van der Waals surface area contributed by atoms with Crippen LogP contribution in [0.25, 0.3) is 10.9 Å². The third-order valence-corrected chi connectivity index (χ3v) is 3.22. The summed E-state index contributed by atoms with van der Waals surface area (Å²) in [7, 11) is 0. The number of ether oxygens (including phenoxy) is 1. The maximum atomic E-state index is 11.7. The van der Waals surface area contributed by atoms with E-state index in [2.05, 4.69) is 15.5 Å². The number of aromatic amines is 1. The quantitative estimate of drug-likeness (QED) is 0.650. The summed E-state index contributed by atoms with van der Waals surface area (Å²) in [5, 5.41) is 5.07. The standard InChI is InChI=1S/C14H15N3O2/c18-14(13-6-3-7-19-13)17-16-9-10-8-15-12-5-2-1-4-11(10)12/h1-2,4-5,8-9,13,15H,3,6-7H2,(H,17,18)/b16-9-/t13-/m0/s1. The molecule has 0 radical (unpaired) electrons. The van der Waals surface area contributed by atoms with Crippen LogP contribution in [0.1, 0.15) is 18.4 Å². The number of carbonyl (C=O) groups excluding carboxylic acids is 1. The van der Waals surface area contributed by atoms with Gasteiger partial charge in [-0.1, -0.05) is 18.2 Å². The minimum Gasteiger partial charge on any atom is -0.368 e. The Labute approximate surface area is 110 Å². The topological polar surface area (TPSA) is 66.5 Å². The molecule has 1 aliphatic rings. The van der Waals surface area contributed by atoms with Gasteiger partial charge in [-0.25, -0.2) is 5.43 Å². The Morgan fingerprint density at radius 3 is 3.21 bits per heavy atom. The van der Waals surface area contributed by atoms with Crippen LogP contribution in [-0.2, 0) is 9.53 Å². The molecule has 1 aromatic heterocycles. The molecule has 0 saturated carbocycles. The van der Waals surface area contributed by atoms with Crippen LogP contribution in [0.15, 0.2) is 35.6 Å². The highest BCUT2D eigenvalue weighted by Gasteiger charge is 2.22. The summed E-state index contributed by atoms with van der Waals surface area (Å²) in [6, 6.07) is 7.95. The highest BCUT2D eigenvalue weighted by Crippen LogP contribution is 2.15. The summed E-state index contributed by atoms with van der Waals surface area (Å²) >= 11 is 0. The van der Waals surface area contributed by atoms with E-state index in [0.29, 0.717) is 6.61 Å². The van der Waals surface area contributed by atoms with Crippen molar-refractivity contribution >= 4 is 23.0 Å². The lowest BCUT2D eigenvalue weighted by atomic mass is 10.2. The molecule has 1 aliphatic heterocycles. The first-order valence-corrected chi connectivity index (χ1v) is 6.35. The van der Waals surface area contributed by atoms with Crippen molar-refractivity contribution in [3.8, 4) is 0 Å². The number of carbonyl (C=O) groups is 1. The van der Waals surface area contributed by atoms with Gasteiger partial charge >= 0.3 is 0 Å². The van der Waals surface area contributed by atoms with Gasteiger partial charge < -0.3 is 9.72 Å². The summed E-state index contributed by atoms with van der Waals surface area (Å²) in [5.41, 5.74) is 4.52. The van der Waals surface area contributed by atoms with Gasteiger partial charge in [0.1, 0.15) is 6.10 Å². The van der Waals surface area contributed by atoms with E-state index >= 15 is 0 Å². The van der Waals surface area contributed by atoms with Gasteiger partial charge in [0.25, 0.3) is 5.91 Å². The van der Waals surface area contributed by atoms with E-state index in [0.717, 1.165) is 29.3 Å². The number of fused-ring (bicyclic) bond motifs is 1. The maximum absolute atomic E-state index is 11.7. The lowest BCUT2D eigenvalue weighted by Crippen LogP contribution is -2.30. The Balaban J connectivity index is 1.67. The number of hydrogen-bond donors (Lipinski definition) is 2. The van der Waals surface area contributed by atoms with Crippen LogP contribution in [0, 0.1) is 0 Å². The first kappa shape index (κ1) is 11.9. The minimum atomic E-state index is -0.347. The number of amides is 1. The van der Waals surface area contributed by atoms with E-state index in [9.17, 15) is 4.79 Å². The molecule has 1 atom stereocenters. The monoisotopic (exact) mass is 257 g/mol. The van der Waals surface area contributed by atoms with Crippen LogP contribution >= 0.6 is 0 Å². The van der Waals surface area contributed by atoms with Gasteiger partial charge in [0.2, 0.25) is 0 Å². The van der Waals surface area contributed by atoms with Crippen molar-refractivity contribution in [3.63, 3.8) is 0 Å². The summed E-state index contributed by atoms with van der Waals surface area (Å²) < 4.78 is 5.28. The van der Waals surface area contributed by atoms with Gasteiger partial charge in [0, 0.05) is 29.3 Å². The third kappa shape index (κ3) is 2.51. The van der Waals surface area contributed by atoms with Crippen LogP contribution in [-0.4, -0.2) is 29.8 Å². The molecule has 5 heteroatoms. The first-order chi connectivity index (χ1) is 9.34. The Kier molecular flexibility index (Phi) is 3.29. The number of aromatic nitrogens is 1. The van der Waals surface area contributed by atoms with Crippen molar-refractivity contribution in [2.45, 2.75) is 18.9 Å². The van der Waals surface area contributed by atoms with Gasteiger partial charge in [-0.05, 0) is 18.9 Å². The van der Waals surface area contributed by atoms with Crippen molar-refractivity contribution in [1.29, 1.82) is 0 Å². The fourth-order valence-corrected chi connectivity index (χ4v) is 2.22. The van der Waals surface area contributed by atoms with E-state index in [1.165, 1.54) is 0 Å². The van der Waals surface area contributed by atoms with Crippen LogP contribution in [0.5, 0.6) is 0 Å². The molecule has 0 bridgehead atoms. The molecule has 0 spiro atoms. The molecule has 1 aromatic carbocycles. The SMILES string of the molecule is O=C(N/N=C\c1c[nH]c2ccccc12)[C@@H]1CCCO1. The number of nitrogens with zero attached hydrogens (tertiary/aromatic N) is 1. The van der Waals surface area contributed by atoms with Gasteiger partial charge in [0.15, 0.2) is 0 Å². The molecule has 1 saturated heterocycles. The molecule has 19 heavy (non-hydrogen) atoms. The zero-order valence-corrected chi connectivity index (χ0v) is 10.4. The largest absolute Gasteiger partial charge is 0.368 e. The second-order valence-electron chi connectivity index (χ2n) is 4.53. The van der Waals surface area contributed by atoms with Crippen molar-refractivity contribution < 1.29 is 9.53 Å². The molecule has 2 aromatic rings. The Morgan fingerprint density at radius 1 is 1.47 bits per heavy atom. The number of para-hydroxylation sites is 1. The Hall–Kier alpha value is -2.14. The first-order valence-electron chi connectivity index (χ1n) is 6.35. The third-order valence-electron chi connectivity index (χ3n) is 3.22. The maximum Gasteiger partial charge on any atom is 0.269 e. The predicted molar refractivity (Wildman–Crippen MR) is 73.0 cm³/mol. The smallest absolute Gasteiger partial charge is 0.269 e. The van der Waals surface area contributed by atoms with E-state index in [-0.39, 0.29) is 12.0 Å². The molecule has 98 valence electrons. The number of benzene rings is 1. The molecule has 3 rings (SSSR count). The van der Waals surface area contributed by atoms with E-state index in [1.54, 1.807) is 6.21 Å².